The lowest BCUT2D eigenvalue weighted by molar-refractivity contribution is -0.118. The van der Waals surface area contributed by atoms with Crippen LogP contribution in [0.2, 0.25) is 0 Å². The highest BCUT2D eigenvalue weighted by atomic mass is 16.3. The predicted octanol–water partition coefficient (Wildman–Crippen LogP) is -0.537. The Kier molecular flexibility index (Phi) is 2.05. The van der Waals surface area contributed by atoms with Gasteiger partial charge in [0.1, 0.15) is 0 Å². The van der Waals surface area contributed by atoms with Gasteiger partial charge in [-0.15, -0.1) is 0 Å². The number of aliphatic hydroxyl groups is 1. The first-order valence-corrected chi connectivity index (χ1v) is 3.08. The summed E-state index contributed by atoms with van der Waals surface area (Å²) in [4.78, 5) is 10.7. The van der Waals surface area contributed by atoms with Crippen LogP contribution in [0.4, 0.5) is 0 Å². The van der Waals surface area contributed by atoms with E-state index in [0.29, 0.717) is 6.54 Å². The zero-order valence-electron chi connectivity index (χ0n) is 5.18. The normalized spacial score (nSPS) is 17.4. The summed E-state index contributed by atoms with van der Waals surface area (Å²) in [7, 11) is 0. The molecule has 3 heteroatoms. The SMILES string of the molecule is O=C(NCCO)[C]1CC1. The van der Waals surface area contributed by atoms with Gasteiger partial charge in [0.25, 0.3) is 0 Å². The topological polar surface area (TPSA) is 49.3 Å². The Hall–Kier alpha value is -0.570. The number of rotatable bonds is 3. The molecular weight excluding hydrogens is 118 g/mol. The van der Waals surface area contributed by atoms with Gasteiger partial charge >= 0.3 is 0 Å². The molecule has 3 nitrogen and oxygen atoms in total. The molecular formula is C6H10NO2. The Labute approximate surface area is 54.1 Å². The van der Waals surface area contributed by atoms with Crippen molar-refractivity contribution in [3.63, 3.8) is 0 Å². The summed E-state index contributed by atoms with van der Waals surface area (Å²) >= 11 is 0. The molecule has 0 aromatic rings. The highest BCUT2D eigenvalue weighted by Gasteiger charge is 2.29. The summed E-state index contributed by atoms with van der Waals surface area (Å²) in [5.41, 5.74) is 0. The highest BCUT2D eigenvalue weighted by Crippen LogP contribution is 2.31. The largest absolute Gasteiger partial charge is 0.395 e. The van der Waals surface area contributed by atoms with E-state index in [-0.39, 0.29) is 12.5 Å². The lowest BCUT2D eigenvalue weighted by atomic mass is 10.4. The lowest BCUT2D eigenvalue weighted by Crippen LogP contribution is -2.26. The van der Waals surface area contributed by atoms with Gasteiger partial charge < -0.3 is 10.4 Å². The summed E-state index contributed by atoms with van der Waals surface area (Å²) in [6.45, 7) is 0.404. The zero-order valence-corrected chi connectivity index (χ0v) is 5.18. The van der Waals surface area contributed by atoms with Crippen molar-refractivity contribution in [2.75, 3.05) is 13.2 Å². The summed E-state index contributed by atoms with van der Waals surface area (Å²) in [5, 5.41) is 10.9. The molecule has 9 heavy (non-hydrogen) atoms. The van der Waals surface area contributed by atoms with Gasteiger partial charge in [-0.05, 0) is 12.8 Å². The van der Waals surface area contributed by atoms with Crippen LogP contribution in [0.1, 0.15) is 12.8 Å². The summed E-state index contributed by atoms with van der Waals surface area (Å²) in [6, 6.07) is 0. The van der Waals surface area contributed by atoms with Gasteiger partial charge in [-0.25, -0.2) is 0 Å². The van der Waals surface area contributed by atoms with Crippen molar-refractivity contribution < 1.29 is 9.90 Å². The van der Waals surface area contributed by atoms with E-state index in [0.717, 1.165) is 18.8 Å². The van der Waals surface area contributed by atoms with Gasteiger partial charge in [0.15, 0.2) is 0 Å². The molecule has 0 heterocycles. The number of hydrogen-bond donors (Lipinski definition) is 2. The smallest absolute Gasteiger partial charge is 0.227 e. The van der Waals surface area contributed by atoms with E-state index in [9.17, 15) is 4.79 Å². The standard InChI is InChI=1S/C6H10NO2/c8-4-3-7-6(9)5-1-2-5/h8H,1-4H2,(H,7,9). The number of hydrogen-bond acceptors (Lipinski definition) is 2. The molecule has 1 rings (SSSR count). The monoisotopic (exact) mass is 128 g/mol. The molecule has 51 valence electrons. The van der Waals surface area contributed by atoms with Crippen LogP contribution in [0, 0.1) is 5.92 Å². The molecule has 2 N–H and O–H groups in total. The first-order chi connectivity index (χ1) is 4.34. The number of nitrogens with one attached hydrogen (secondary N) is 1. The molecule has 0 saturated heterocycles. The van der Waals surface area contributed by atoms with E-state index in [1.807, 2.05) is 0 Å². The van der Waals surface area contributed by atoms with Crippen LogP contribution >= 0.6 is 0 Å². The van der Waals surface area contributed by atoms with Crippen molar-refractivity contribution in [3.8, 4) is 0 Å². The maximum atomic E-state index is 10.7. The Balaban J connectivity index is 2.03. The molecule has 1 aliphatic carbocycles. The molecule has 1 saturated carbocycles. The quantitative estimate of drug-likeness (QED) is 0.536. The Bertz CT molecular complexity index is 110. The number of aliphatic hydroxyl groups excluding tert-OH is 1. The molecule has 1 aliphatic rings. The average molecular weight is 128 g/mol. The molecule has 0 atom stereocenters. The minimum absolute atomic E-state index is 0.0176. The van der Waals surface area contributed by atoms with Gasteiger partial charge in [0.2, 0.25) is 5.91 Å². The second-order valence-corrected chi connectivity index (χ2v) is 2.08. The second kappa shape index (κ2) is 2.82. The van der Waals surface area contributed by atoms with Crippen LogP contribution in [0.5, 0.6) is 0 Å². The first kappa shape index (κ1) is 6.55. The van der Waals surface area contributed by atoms with Crippen molar-refractivity contribution >= 4 is 5.91 Å². The highest BCUT2D eigenvalue weighted by molar-refractivity contribution is 5.93. The molecule has 0 unspecified atom stereocenters. The Morgan fingerprint density at radius 3 is 2.78 bits per heavy atom. The van der Waals surface area contributed by atoms with Gasteiger partial charge in [0, 0.05) is 6.54 Å². The van der Waals surface area contributed by atoms with E-state index in [1.54, 1.807) is 0 Å². The van der Waals surface area contributed by atoms with Crippen LogP contribution in [0.15, 0.2) is 0 Å². The van der Waals surface area contributed by atoms with Gasteiger partial charge in [-0.1, -0.05) is 0 Å². The fraction of sp³-hybridized carbons (Fsp3) is 0.667. The number of carbonyl (C=O) groups is 1. The predicted molar refractivity (Wildman–Crippen MR) is 32.6 cm³/mol. The van der Waals surface area contributed by atoms with Crippen molar-refractivity contribution in [2.24, 2.45) is 0 Å². The number of carbonyl (C=O) groups excluding carboxylic acids is 1. The van der Waals surface area contributed by atoms with Crippen LogP contribution in [-0.4, -0.2) is 24.2 Å². The van der Waals surface area contributed by atoms with Crippen LogP contribution in [-0.2, 0) is 4.79 Å². The lowest BCUT2D eigenvalue weighted by Gasteiger charge is -1.97. The third-order valence-electron chi connectivity index (χ3n) is 1.22. The van der Waals surface area contributed by atoms with E-state index in [4.69, 9.17) is 5.11 Å². The minimum Gasteiger partial charge on any atom is -0.395 e. The maximum Gasteiger partial charge on any atom is 0.227 e. The molecule has 0 aromatic heterocycles. The molecule has 0 aromatic carbocycles. The minimum atomic E-state index is 0.0176. The molecule has 1 fully saturated rings. The van der Waals surface area contributed by atoms with E-state index in [2.05, 4.69) is 5.32 Å². The van der Waals surface area contributed by atoms with Crippen molar-refractivity contribution in [3.05, 3.63) is 5.92 Å². The fourth-order valence-electron chi connectivity index (χ4n) is 0.584. The van der Waals surface area contributed by atoms with Gasteiger partial charge in [-0.2, -0.15) is 0 Å². The maximum absolute atomic E-state index is 10.7. The first-order valence-electron chi connectivity index (χ1n) is 3.08. The van der Waals surface area contributed by atoms with Gasteiger partial charge in [0.05, 0.1) is 12.5 Å². The summed E-state index contributed by atoms with van der Waals surface area (Å²) in [6.07, 6.45) is 1.88. The average Bonchev–Trinajstić information content (AvgIpc) is 2.63. The molecule has 1 radical (unpaired) electrons. The fourth-order valence-corrected chi connectivity index (χ4v) is 0.584. The van der Waals surface area contributed by atoms with Crippen LogP contribution in [0.3, 0.4) is 0 Å². The van der Waals surface area contributed by atoms with Gasteiger partial charge in [-0.3, -0.25) is 4.79 Å². The second-order valence-electron chi connectivity index (χ2n) is 2.08. The molecule has 0 aliphatic heterocycles. The summed E-state index contributed by atoms with van der Waals surface area (Å²) in [5.74, 6) is 0.979. The van der Waals surface area contributed by atoms with Crippen molar-refractivity contribution in [1.82, 2.24) is 5.32 Å². The Morgan fingerprint density at radius 2 is 2.33 bits per heavy atom. The van der Waals surface area contributed by atoms with Crippen molar-refractivity contribution in [2.45, 2.75) is 12.8 Å². The van der Waals surface area contributed by atoms with Crippen molar-refractivity contribution in [1.29, 1.82) is 0 Å². The molecule has 0 spiro atoms. The van der Waals surface area contributed by atoms with E-state index in [1.165, 1.54) is 0 Å². The number of amides is 1. The van der Waals surface area contributed by atoms with Crippen LogP contribution < -0.4 is 5.32 Å². The molecule has 0 bridgehead atoms. The third kappa shape index (κ3) is 2.01. The third-order valence-corrected chi connectivity index (χ3v) is 1.22. The summed E-state index contributed by atoms with van der Waals surface area (Å²) < 4.78 is 0. The van der Waals surface area contributed by atoms with Crippen LogP contribution in [0.25, 0.3) is 0 Å². The van der Waals surface area contributed by atoms with E-state index >= 15 is 0 Å². The zero-order chi connectivity index (χ0) is 6.69. The Morgan fingerprint density at radius 1 is 1.67 bits per heavy atom. The molecule has 1 amide bonds. The van der Waals surface area contributed by atoms with E-state index < -0.39 is 0 Å².